The molecule has 0 amide bonds. The number of pyridine rings is 3. The number of carbonyl (C=O) groups excluding carboxylic acids is 3. The van der Waals surface area contributed by atoms with Crippen LogP contribution < -0.4 is 14.2 Å². The third-order valence-corrected chi connectivity index (χ3v) is 9.32. The molecule has 54 heavy (non-hydrogen) atoms. The lowest BCUT2D eigenvalue weighted by Crippen LogP contribution is -2.13. The molecule has 0 saturated heterocycles. The first kappa shape index (κ1) is 36.5. The van der Waals surface area contributed by atoms with Gasteiger partial charge in [-0.15, -0.1) is 0 Å². The molecule has 7 rings (SSSR count). The van der Waals surface area contributed by atoms with E-state index in [4.69, 9.17) is 14.2 Å². The van der Waals surface area contributed by atoms with Gasteiger partial charge in [0.05, 0.1) is 33.8 Å². The second-order valence-electron chi connectivity index (χ2n) is 11.6. The van der Waals surface area contributed by atoms with E-state index in [0.717, 1.165) is 30.1 Å². The van der Waals surface area contributed by atoms with E-state index in [1.165, 1.54) is 36.8 Å². The molecule has 3 heterocycles. The number of ether oxygens (including phenoxy) is 3. The number of nitrogens with zero attached hydrogens (tertiary/aromatic N) is 3. The zero-order valence-electron chi connectivity index (χ0n) is 27.8. The molecule has 0 aliphatic heterocycles. The van der Waals surface area contributed by atoms with Crippen LogP contribution in [0.5, 0.6) is 17.2 Å². The monoisotopic (exact) mass is 903 g/mol. The maximum absolute atomic E-state index is 13.3. The molecule has 4 aromatic carbocycles. The number of rotatable bonds is 9. The number of carbonyl (C=O) groups is 3. The Morgan fingerprint density at radius 1 is 0.389 bits per heavy atom. The Hall–Kier alpha value is -5.82. The van der Waals surface area contributed by atoms with Crippen molar-refractivity contribution in [3.8, 4) is 51.0 Å². The normalized spacial score (nSPS) is 10.7. The van der Waals surface area contributed by atoms with Crippen LogP contribution in [0.15, 0.2) is 159 Å². The maximum atomic E-state index is 13.3. The SMILES string of the molecule is O=C(Oc1cc(OC(=O)c2ccc(-c3cccc(Br)c3)nc2)cc(OC(=O)c2ccc(-c3cccc(Br)c3)nc2)c1)c1ccc(-c2cccc(Br)c2)nc1. The quantitative estimate of drug-likeness (QED) is 0.103. The van der Waals surface area contributed by atoms with Crippen molar-refractivity contribution in [3.63, 3.8) is 0 Å². The van der Waals surface area contributed by atoms with Crippen molar-refractivity contribution in [1.82, 2.24) is 15.0 Å². The number of hydrogen-bond donors (Lipinski definition) is 0. The molecule has 0 radical (unpaired) electrons. The summed E-state index contributed by atoms with van der Waals surface area (Å²) in [4.78, 5) is 53.0. The predicted octanol–water partition coefficient (Wildman–Crippen LogP) is 10.8. The van der Waals surface area contributed by atoms with E-state index in [9.17, 15) is 14.4 Å². The molecule has 264 valence electrons. The Bertz CT molecular complexity index is 2220. The van der Waals surface area contributed by atoms with Gasteiger partial charge in [0.1, 0.15) is 17.2 Å². The lowest BCUT2D eigenvalue weighted by molar-refractivity contribution is 0.0730. The summed E-state index contributed by atoms with van der Waals surface area (Å²) < 4.78 is 19.7. The highest BCUT2D eigenvalue weighted by Gasteiger charge is 2.18. The Kier molecular flexibility index (Phi) is 11.1. The first-order valence-electron chi connectivity index (χ1n) is 16.1. The van der Waals surface area contributed by atoms with Crippen molar-refractivity contribution in [3.05, 3.63) is 176 Å². The van der Waals surface area contributed by atoms with E-state index >= 15 is 0 Å². The fourth-order valence-corrected chi connectivity index (χ4v) is 6.42. The van der Waals surface area contributed by atoms with Crippen molar-refractivity contribution in [2.45, 2.75) is 0 Å². The van der Waals surface area contributed by atoms with Crippen molar-refractivity contribution in [2.75, 3.05) is 0 Å². The van der Waals surface area contributed by atoms with Crippen molar-refractivity contribution >= 4 is 65.7 Å². The van der Waals surface area contributed by atoms with E-state index < -0.39 is 17.9 Å². The minimum Gasteiger partial charge on any atom is -0.423 e. The van der Waals surface area contributed by atoms with Gasteiger partial charge >= 0.3 is 17.9 Å². The fourth-order valence-electron chi connectivity index (χ4n) is 5.22. The summed E-state index contributed by atoms with van der Waals surface area (Å²) in [5.41, 5.74) is 5.08. The van der Waals surface area contributed by atoms with E-state index in [1.54, 1.807) is 36.4 Å². The Balaban J connectivity index is 1.12. The van der Waals surface area contributed by atoms with Crippen LogP contribution in [0.3, 0.4) is 0 Å². The average Bonchev–Trinajstić information content (AvgIpc) is 3.18. The Labute approximate surface area is 334 Å². The highest BCUT2D eigenvalue weighted by Crippen LogP contribution is 2.31. The molecule has 0 fully saturated rings. The van der Waals surface area contributed by atoms with Crippen LogP contribution in [0, 0.1) is 0 Å². The first-order valence-corrected chi connectivity index (χ1v) is 18.5. The van der Waals surface area contributed by atoms with Gasteiger partial charge in [0.2, 0.25) is 0 Å². The molecular formula is C42H24Br3N3O6. The zero-order valence-corrected chi connectivity index (χ0v) is 32.5. The molecule has 0 saturated carbocycles. The predicted molar refractivity (Wildman–Crippen MR) is 213 cm³/mol. The average molecular weight is 906 g/mol. The molecule has 0 aliphatic rings. The largest absolute Gasteiger partial charge is 0.423 e. The molecule has 0 spiro atoms. The summed E-state index contributed by atoms with van der Waals surface area (Å²) in [6.07, 6.45) is 4.21. The molecule has 3 aromatic heterocycles. The van der Waals surface area contributed by atoms with Gasteiger partial charge in [-0.2, -0.15) is 0 Å². The van der Waals surface area contributed by atoms with Gasteiger partial charge < -0.3 is 14.2 Å². The molecule has 0 unspecified atom stereocenters. The van der Waals surface area contributed by atoms with Gasteiger partial charge in [-0.3, -0.25) is 15.0 Å². The molecule has 7 aromatic rings. The highest BCUT2D eigenvalue weighted by atomic mass is 79.9. The van der Waals surface area contributed by atoms with E-state index in [0.29, 0.717) is 17.1 Å². The van der Waals surface area contributed by atoms with Crippen LogP contribution in [0.2, 0.25) is 0 Å². The number of aromatic nitrogens is 3. The summed E-state index contributed by atoms with van der Waals surface area (Å²) >= 11 is 10.4. The minimum atomic E-state index is -0.733. The Morgan fingerprint density at radius 2 is 0.685 bits per heavy atom. The third-order valence-electron chi connectivity index (χ3n) is 7.84. The van der Waals surface area contributed by atoms with Gasteiger partial charge in [0.25, 0.3) is 0 Å². The highest BCUT2D eigenvalue weighted by molar-refractivity contribution is 9.11. The number of esters is 3. The molecule has 9 nitrogen and oxygen atoms in total. The summed E-state index contributed by atoms with van der Waals surface area (Å²) in [5, 5.41) is 0. The smallest absolute Gasteiger partial charge is 0.345 e. The van der Waals surface area contributed by atoms with E-state index in [2.05, 4.69) is 62.7 Å². The second-order valence-corrected chi connectivity index (χ2v) is 14.4. The van der Waals surface area contributed by atoms with Crippen LogP contribution in [-0.4, -0.2) is 32.9 Å². The van der Waals surface area contributed by atoms with Crippen LogP contribution in [0.25, 0.3) is 33.8 Å². The molecule has 12 heteroatoms. The van der Waals surface area contributed by atoms with Crippen molar-refractivity contribution in [1.29, 1.82) is 0 Å². The number of hydrogen-bond acceptors (Lipinski definition) is 9. The fraction of sp³-hybridized carbons (Fsp3) is 0. The topological polar surface area (TPSA) is 118 Å². The van der Waals surface area contributed by atoms with Crippen LogP contribution in [0.4, 0.5) is 0 Å². The van der Waals surface area contributed by atoms with E-state index in [-0.39, 0.29) is 33.9 Å². The van der Waals surface area contributed by atoms with Crippen molar-refractivity contribution < 1.29 is 28.6 Å². The molecule has 0 bridgehead atoms. The zero-order chi connectivity index (χ0) is 37.6. The van der Waals surface area contributed by atoms with Crippen LogP contribution in [0.1, 0.15) is 31.1 Å². The van der Waals surface area contributed by atoms with Crippen molar-refractivity contribution in [2.24, 2.45) is 0 Å². The molecular weight excluding hydrogens is 882 g/mol. The van der Waals surface area contributed by atoms with Gasteiger partial charge in [-0.25, -0.2) is 14.4 Å². The molecule has 0 N–H and O–H groups in total. The Morgan fingerprint density at radius 3 is 0.926 bits per heavy atom. The standard InChI is InChI=1S/C42H24Br3N3O6/c43-31-7-1-4-25(16-31)37-13-10-28(22-46-37)40(49)52-34-19-35(53-41(50)29-11-14-38(47-23-29)26-5-2-8-32(44)17-26)21-36(20-34)54-42(51)30-12-15-39(48-24-30)27-6-3-9-33(45)18-27/h1-24H. The lowest BCUT2D eigenvalue weighted by atomic mass is 10.1. The van der Waals surface area contributed by atoms with Gasteiger partial charge in [0.15, 0.2) is 0 Å². The van der Waals surface area contributed by atoms with Gasteiger partial charge in [-0.05, 0) is 72.8 Å². The maximum Gasteiger partial charge on any atom is 0.345 e. The summed E-state index contributed by atoms with van der Waals surface area (Å²) in [6.45, 7) is 0. The van der Waals surface area contributed by atoms with E-state index in [1.807, 2.05) is 72.8 Å². The van der Waals surface area contributed by atoms with Crippen LogP contribution in [-0.2, 0) is 0 Å². The van der Waals surface area contributed by atoms with Crippen LogP contribution >= 0.6 is 47.8 Å². The molecule has 0 atom stereocenters. The summed E-state index contributed by atoms with van der Waals surface area (Å²) in [7, 11) is 0. The number of halogens is 3. The lowest BCUT2D eigenvalue weighted by Gasteiger charge is -2.12. The second kappa shape index (κ2) is 16.5. The summed E-state index contributed by atoms with van der Waals surface area (Å²) in [6, 6.07) is 36.7. The molecule has 0 aliphatic carbocycles. The minimum absolute atomic E-state index is 0.0459. The van der Waals surface area contributed by atoms with Gasteiger partial charge in [-0.1, -0.05) is 84.2 Å². The van der Waals surface area contributed by atoms with Gasteiger partial charge in [0, 0.05) is 66.9 Å². The first-order chi connectivity index (χ1) is 26.2. The summed E-state index contributed by atoms with van der Waals surface area (Å²) in [5.74, 6) is -2.34. The third kappa shape index (κ3) is 9.03. The number of benzene rings is 4.